The van der Waals surface area contributed by atoms with E-state index in [1.807, 2.05) is 20.8 Å². The van der Waals surface area contributed by atoms with Crippen LogP contribution in [-0.4, -0.2) is 137 Å². The van der Waals surface area contributed by atoms with Crippen LogP contribution in [0.4, 0.5) is 0 Å². The topological polar surface area (TPSA) is 142 Å². The molecule has 41 heavy (non-hydrogen) atoms. The Balaban J connectivity index is 1.33. The molecule has 2 N–H and O–H groups in total. The highest BCUT2D eigenvalue weighted by Crippen LogP contribution is 2.35. The lowest BCUT2D eigenvalue weighted by Gasteiger charge is -2.46. The molecular formula is C28H50O13. The van der Waals surface area contributed by atoms with E-state index in [2.05, 4.69) is 0 Å². The number of hydrogen-bond acceptors (Lipinski definition) is 13. The van der Waals surface area contributed by atoms with Crippen molar-refractivity contribution in [3.8, 4) is 0 Å². The van der Waals surface area contributed by atoms with E-state index in [-0.39, 0.29) is 42.7 Å². The SMILES string of the molecule is CO[C@H]1C[C@H](O[C@H]2[C@H](C)O[C@@H](O[C@H]3[C@H](C)O[C@@H](O[C@H]4[C@H](C)O[C@H](O)C[C@@H]4OC)C[C@@H]3OC)C[C@@H]2OC)O[C@@H](C)[C@@H]1O. The van der Waals surface area contributed by atoms with Gasteiger partial charge in [0.2, 0.25) is 0 Å². The molecule has 0 amide bonds. The Morgan fingerprint density at radius 3 is 1.22 bits per heavy atom. The molecule has 0 radical (unpaired) electrons. The second kappa shape index (κ2) is 15.0. The van der Waals surface area contributed by atoms with Crippen molar-refractivity contribution in [3.05, 3.63) is 0 Å². The van der Waals surface area contributed by atoms with Gasteiger partial charge in [0.25, 0.3) is 0 Å². The van der Waals surface area contributed by atoms with Gasteiger partial charge in [-0.15, -0.1) is 0 Å². The average Bonchev–Trinajstić information content (AvgIpc) is 2.94. The molecule has 4 fully saturated rings. The normalized spacial score (nSPS) is 49.6. The number of rotatable bonds is 10. The quantitative estimate of drug-likeness (QED) is 0.373. The van der Waals surface area contributed by atoms with Crippen molar-refractivity contribution in [2.24, 2.45) is 0 Å². The number of aliphatic hydroxyl groups is 2. The van der Waals surface area contributed by atoms with E-state index < -0.39 is 55.7 Å². The van der Waals surface area contributed by atoms with Crippen LogP contribution in [0.5, 0.6) is 0 Å². The lowest BCUT2D eigenvalue weighted by Crippen LogP contribution is -2.57. The maximum atomic E-state index is 10.3. The van der Waals surface area contributed by atoms with Crippen molar-refractivity contribution in [2.45, 2.75) is 152 Å². The lowest BCUT2D eigenvalue weighted by molar-refractivity contribution is -0.345. The highest BCUT2D eigenvalue weighted by Gasteiger charge is 2.47. The zero-order valence-corrected chi connectivity index (χ0v) is 25.5. The summed E-state index contributed by atoms with van der Waals surface area (Å²) in [4.78, 5) is 0. The fourth-order valence-electron chi connectivity index (χ4n) is 6.33. The minimum atomic E-state index is -0.891. The van der Waals surface area contributed by atoms with Crippen LogP contribution in [0, 0.1) is 0 Å². The lowest BCUT2D eigenvalue weighted by atomic mass is 9.98. The van der Waals surface area contributed by atoms with Crippen molar-refractivity contribution in [1.82, 2.24) is 0 Å². The van der Waals surface area contributed by atoms with E-state index in [1.54, 1.807) is 35.4 Å². The number of ether oxygens (including phenoxy) is 11. The first-order chi connectivity index (χ1) is 19.6. The van der Waals surface area contributed by atoms with E-state index in [4.69, 9.17) is 52.1 Å². The molecule has 0 aromatic rings. The smallest absolute Gasteiger partial charge is 0.161 e. The molecule has 4 aliphatic rings. The van der Waals surface area contributed by atoms with E-state index in [0.717, 1.165) is 0 Å². The molecule has 4 aliphatic heterocycles. The van der Waals surface area contributed by atoms with E-state index in [9.17, 15) is 10.2 Å². The summed E-state index contributed by atoms with van der Waals surface area (Å²) < 4.78 is 65.6. The van der Waals surface area contributed by atoms with Gasteiger partial charge in [0.1, 0.15) is 24.4 Å². The van der Waals surface area contributed by atoms with Crippen molar-refractivity contribution in [3.63, 3.8) is 0 Å². The Bertz CT molecular complexity index is 790. The van der Waals surface area contributed by atoms with Gasteiger partial charge in [0.05, 0.1) is 48.8 Å². The number of methoxy groups -OCH3 is 4. The van der Waals surface area contributed by atoms with Gasteiger partial charge in [-0.25, -0.2) is 0 Å². The van der Waals surface area contributed by atoms with Crippen LogP contribution in [0.3, 0.4) is 0 Å². The van der Waals surface area contributed by atoms with Gasteiger partial charge < -0.3 is 62.3 Å². The first-order valence-electron chi connectivity index (χ1n) is 14.6. The Morgan fingerprint density at radius 2 is 0.805 bits per heavy atom. The van der Waals surface area contributed by atoms with Crippen LogP contribution in [0.25, 0.3) is 0 Å². The predicted octanol–water partition coefficient (Wildman–Crippen LogP) is 1.09. The first-order valence-corrected chi connectivity index (χ1v) is 14.6. The summed E-state index contributed by atoms with van der Waals surface area (Å²) >= 11 is 0. The third-order valence-corrected chi connectivity index (χ3v) is 8.67. The van der Waals surface area contributed by atoms with Gasteiger partial charge in [-0.2, -0.15) is 0 Å². The maximum Gasteiger partial charge on any atom is 0.161 e. The molecule has 0 bridgehead atoms. The molecule has 0 aromatic carbocycles. The molecule has 4 saturated heterocycles. The van der Waals surface area contributed by atoms with Crippen LogP contribution in [-0.2, 0) is 52.1 Å². The summed E-state index contributed by atoms with van der Waals surface area (Å²) in [6.45, 7) is 7.47. The fourth-order valence-corrected chi connectivity index (χ4v) is 6.33. The number of hydrogen-bond donors (Lipinski definition) is 2. The fraction of sp³-hybridized carbons (Fsp3) is 1.00. The number of aliphatic hydroxyl groups excluding tert-OH is 2. The Morgan fingerprint density at radius 1 is 0.463 bits per heavy atom. The van der Waals surface area contributed by atoms with E-state index >= 15 is 0 Å². The minimum absolute atomic E-state index is 0.316. The van der Waals surface area contributed by atoms with Gasteiger partial charge >= 0.3 is 0 Å². The Labute approximate surface area is 242 Å². The second-order valence-electron chi connectivity index (χ2n) is 11.4. The highest BCUT2D eigenvalue weighted by atomic mass is 16.8. The summed E-state index contributed by atoms with van der Waals surface area (Å²) in [6, 6.07) is 0. The zero-order chi connectivity index (χ0) is 29.8. The molecular weight excluding hydrogens is 544 g/mol. The highest BCUT2D eigenvalue weighted by molar-refractivity contribution is 4.90. The van der Waals surface area contributed by atoms with Crippen LogP contribution in [0.1, 0.15) is 53.4 Å². The third kappa shape index (κ3) is 7.96. The molecule has 0 aromatic heterocycles. The van der Waals surface area contributed by atoms with Gasteiger partial charge in [-0.05, 0) is 27.7 Å². The van der Waals surface area contributed by atoms with E-state index in [1.165, 1.54) is 0 Å². The predicted molar refractivity (Wildman–Crippen MR) is 142 cm³/mol. The monoisotopic (exact) mass is 594 g/mol. The molecule has 240 valence electrons. The van der Waals surface area contributed by atoms with Crippen molar-refractivity contribution in [2.75, 3.05) is 28.4 Å². The Kier molecular flexibility index (Phi) is 12.2. The first kappa shape index (κ1) is 33.4. The van der Waals surface area contributed by atoms with Gasteiger partial charge in [-0.1, -0.05) is 0 Å². The maximum absolute atomic E-state index is 10.3. The summed E-state index contributed by atoms with van der Waals surface area (Å²) in [6.07, 6.45) is -5.86. The molecule has 4 heterocycles. The van der Waals surface area contributed by atoms with Crippen molar-refractivity contribution < 1.29 is 62.3 Å². The van der Waals surface area contributed by atoms with Crippen LogP contribution < -0.4 is 0 Å². The van der Waals surface area contributed by atoms with E-state index in [0.29, 0.717) is 25.7 Å². The zero-order valence-electron chi connectivity index (χ0n) is 25.5. The van der Waals surface area contributed by atoms with Gasteiger partial charge in [0.15, 0.2) is 25.2 Å². The van der Waals surface area contributed by atoms with Gasteiger partial charge in [-0.3, -0.25) is 0 Å². The Hall–Kier alpha value is -0.520. The standard InChI is InChI=1S/C28H50O13/c1-13-25(30)17(31-5)10-22(36-13)39-27-15(3)38-24(12-19(27)33-7)41-28-16(4)37-23(11-20(28)34-8)40-26-14(2)35-21(29)9-18(26)32-6/h13-30H,9-12H2,1-8H3/t13-,14-,15-,16-,17-,18-,19-,20-,21-,22-,23-,24-,25-,26-,27-,28-/m0/s1. The molecule has 0 saturated carbocycles. The van der Waals surface area contributed by atoms with Crippen LogP contribution >= 0.6 is 0 Å². The summed E-state index contributed by atoms with van der Waals surface area (Å²) in [5.41, 5.74) is 0. The molecule has 0 unspecified atom stereocenters. The van der Waals surface area contributed by atoms with Crippen molar-refractivity contribution >= 4 is 0 Å². The minimum Gasteiger partial charge on any atom is -0.388 e. The molecule has 13 heteroatoms. The molecule has 0 aliphatic carbocycles. The third-order valence-electron chi connectivity index (χ3n) is 8.67. The van der Waals surface area contributed by atoms with Gasteiger partial charge in [0, 0.05) is 54.1 Å². The average molecular weight is 595 g/mol. The molecule has 13 nitrogen and oxygen atoms in total. The van der Waals surface area contributed by atoms with Crippen LogP contribution in [0.15, 0.2) is 0 Å². The summed E-state index contributed by atoms with van der Waals surface area (Å²) in [5, 5.41) is 20.2. The molecule has 0 spiro atoms. The van der Waals surface area contributed by atoms with Crippen LogP contribution in [0.2, 0.25) is 0 Å². The molecule has 4 rings (SSSR count). The van der Waals surface area contributed by atoms with Crippen molar-refractivity contribution in [1.29, 1.82) is 0 Å². The summed E-state index contributed by atoms with van der Waals surface area (Å²) in [7, 11) is 6.43. The second-order valence-corrected chi connectivity index (χ2v) is 11.4. The molecule has 16 atom stereocenters. The largest absolute Gasteiger partial charge is 0.388 e. The summed E-state index contributed by atoms with van der Waals surface area (Å²) in [5.74, 6) is 0.